The van der Waals surface area contributed by atoms with Gasteiger partial charge in [-0.25, -0.2) is 0 Å². The van der Waals surface area contributed by atoms with Gasteiger partial charge in [-0.15, -0.1) is 0 Å². The topological polar surface area (TPSA) is 108 Å². The Morgan fingerprint density at radius 3 is 2.53 bits per heavy atom. The Bertz CT molecular complexity index is 929. The van der Waals surface area contributed by atoms with Gasteiger partial charge < -0.3 is 14.7 Å². The molecule has 10 heteroatoms. The Balaban J connectivity index is 1.20. The Morgan fingerprint density at radius 1 is 1.13 bits per heavy atom. The lowest BCUT2D eigenvalue weighted by atomic mass is 9.92. The van der Waals surface area contributed by atoms with Gasteiger partial charge in [0.15, 0.2) is 5.69 Å². The van der Waals surface area contributed by atoms with Crippen LogP contribution in [0, 0.1) is 0 Å². The van der Waals surface area contributed by atoms with Crippen LogP contribution in [0.15, 0.2) is 22.7 Å². The number of aromatic nitrogens is 1. The molecule has 3 aliphatic heterocycles. The van der Waals surface area contributed by atoms with Crippen molar-refractivity contribution in [3.63, 3.8) is 0 Å². The minimum Gasteiger partial charge on any atom is -0.360 e. The number of carbonyl (C=O) groups is 1. The first-order chi connectivity index (χ1) is 14.4. The van der Waals surface area contributed by atoms with Crippen LogP contribution in [0.1, 0.15) is 60.7 Å². The fourth-order valence-corrected chi connectivity index (χ4v) is 6.76. The van der Waals surface area contributed by atoms with Crippen molar-refractivity contribution in [1.82, 2.24) is 24.4 Å². The maximum Gasteiger partial charge on any atom is 0.280 e. The predicted molar refractivity (Wildman–Crippen MR) is 110 cm³/mol. The fraction of sp³-hybridized carbons (Fsp3) is 0.700. The van der Waals surface area contributed by atoms with E-state index in [0.29, 0.717) is 30.9 Å². The summed E-state index contributed by atoms with van der Waals surface area (Å²) in [6, 6.07) is 1.44. The summed E-state index contributed by atoms with van der Waals surface area (Å²) in [6.07, 6.45) is 8.92. The first kappa shape index (κ1) is 20.2. The van der Waals surface area contributed by atoms with Gasteiger partial charge in [0.2, 0.25) is 0 Å². The Morgan fingerprint density at radius 2 is 1.83 bits per heavy atom. The molecule has 4 fully saturated rings. The minimum absolute atomic E-state index is 0.0656. The highest BCUT2D eigenvalue weighted by Gasteiger charge is 2.50. The van der Waals surface area contributed by atoms with Crippen molar-refractivity contribution in [3.8, 4) is 0 Å². The van der Waals surface area contributed by atoms with Crippen molar-refractivity contribution < 1.29 is 17.7 Å². The summed E-state index contributed by atoms with van der Waals surface area (Å²) in [7, 11) is -1.51. The minimum atomic E-state index is -3.54. The number of hydrogen-bond acceptors (Lipinski definition) is 6. The third-order valence-corrected chi connectivity index (χ3v) is 8.34. The maximum atomic E-state index is 13.0. The van der Waals surface area contributed by atoms with E-state index in [9.17, 15) is 13.2 Å². The monoisotopic (exact) mass is 435 g/mol. The van der Waals surface area contributed by atoms with Gasteiger partial charge in [-0.05, 0) is 45.6 Å². The zero-order valence-corrected chi connectivity index (χ0v) is 18.0. The van der Waals surface area contributed by atoms with Gasteiger partial charge in [0.05, 0.1) is 0 Å². The first-order valence-corrected chi connectivity index (χ1v) is 12.2. The molecule has 2 bridgehead atoms. The van der Waals surface area contributed by atoms with E-state index in [4.69, 9.17) is 4.52 Å². The van der Waals surface area contributed by atoms with E-state index in [2.05, 4.69) is 20.1 Å². The number of nitrogens with one attached hydrogen (secondary N) is 2. The van der Waals surface area contributed by atoms with Crippen LogP contribution in [0.3, 0.4) is 0 Å². The van der Waals surface area contributed by atoms with Gasteiger partial charge in [0, 0.05) is 49.2 Å². The van der Waals surface area contributed by atoms with E-state index in [1.165, 1.54) is 0 Å². The molecule has 2 aliphatic carbocycles. The molecular formula is C20H29N5O4S. The molecule has 9 nitrogen and oxygen atoms in total. The van der Waals surface area contributed by atoms with Crippen LogP contribution >= 0.6 is 0 Å². The molecule has 30 heavy (non-hydrogen) atoms. The van der Waals surface area contributed by atoms with Crippen LogP contribution in [0.4, 0.5) is 0 Å². The number of rotatable bonds is 6. The highest BCUT2D eigenvalue weighted by atomic mass is 32.2. The smallest absolute Gasteiger partial charge is 0.280 e. The standard InChI is InChI=1S/C20H29N5O4S/c1-24-11-16-9-17(12-24)25(16)30(27,28)23-15-5-3-2-4-14(8-15)21-20(26)18-10-19(29-22-18)13-6-7-13/h2-3,10,13-17,23H,4-9,11-12H2,1H3,(H,21,26)/t14-,15-,16?,17?/m0/s1. The molecule has 0 spiro atoms. The SMILES string of the molecule is CN1CC2CC(C1)N2S(=O)(=O)N[C@H]1CC=CC[C@H](NC(=O)c2cc(C3CC3)on2)C1. The normalized spacial score (nSPS) is 32.4. The van der Waals surface area contributed by atoms with Crippen molar-refractivity contribution in [1.29, 1.82) is 0 Å². The average molecular weight is 436 g/mol. The zero-order valence-electron chi connectivity index (χ0n) is 17.2. The van der Waals surface area contributed by atoms with Crippen molar-refractivity contribution in [3.05, 3.63) is 29.7 Å². The van der Waals surface area contributed by atoms with E-state index in [1.807, 2.05) is 19.2 Å². The first-order valence-electron chi connectivity index (χ1n) is 10.8. The number of amides is 1. The molecule has 1 aromatic rings. The molecule has 1 amide bonds. The summed E-state index contributed by atoms with van der Waals surface area (Å²) in [5.74, 6) is 0.907. The molecule has 0 radical (unpaired) electrons. The number of piperidine rings is 1. The second-order valence-corrected chi connectivity index (χ2v) is 10.8. The lowest BCUT2D eigenvalue weighted by molar-refractivity contribution is 0.00429. The number of hydrogen-bond donors (Lipinski definition) is 2. The fourth-order valence-electron chi connectivity index (χ4n) is 4.94. The second kappa shape index (κ2) is 7.74. The highest BCUT2D eigenvalue weighted by Crippen LogP contribution is 2.40. The van der Waals surface area contributed by atoms with Crippen molar-refractivity contribution in [2.24, 2.45) is 0 Å². The molecule has 0 aromatic carbocycles. The number of nitrogens with zero attached hydrogens (tertiary/aromatic N) is 3. The van der Waals surface area contributed by atoms with Crippen LogP contribution in [0.25, 0.3) is 0 Å². The quantitative estimate of drug-likeness (QED) is 0.645. The largest absolute Gasteiger partial charge is 0.360 e. The van der Waals surface area contributed by atoms with Gasteiger partial charge in [0.1, 0.15) is 5.76 Å². The Kier molecular flexibility index (Phi) is 5.20. The number of fused-ring (bicyclic) bond motifs is 2. The maximum absolute atomic E-state index is 13.0. The average Bonchev–Trinajstić information content (AvgIpc) is 3.43. The summed E-state index contributed by atoms with van der Waals surface area (Å²) in [5, 5.41) is 6.90. The molecule has 4 atom stereocenters. The summed E-state index contributed by atoms with van der Waals surface area (Å²) in [6.45, 7) is 1.56. The van der Waals surface area contributed by atoms with Crippen LogP contribution < -0.4 is 10.0 Å². The highest BCUT2D eigenvalue weighted by molar-refractivity contribution is 7.87. The van der Waals surface area contributed by atoms with Gasteiger partial charge in [0.25, 0.3) is 16.1 Å². The van der Waals surface area contributed by atoms with Crippen molar-refractivity contribution in [2.75, 3.05) is 20.1 Å². The lowest BCUT2D eigenvalue weighted by Crippen LogP contribution is -2.71. The van der Waals surface area contributed by atoms with E-state index in [0.717, 1.165) is 38.1 Å². The van der Waals surface area contributed by atoms with Crippen LogP contribution in [0.2, 0.25) is 0 Å². The van der Waals surface area contributed by atoms with Gasteiger partial charge in [-0.1, -0.05) is 17.3 Å². The summed E-state index contributed by atoms with van der Waals surface area (Å²) < 4.78 is 35.8. The van der Waals surface area contributed by atoms with E-state index in [-0.39, 0.29) is 30.1 Å². The third kappa shape index (κ3) is 4.05. The molecule has 1 aromatic heterocycles. The molecule has 2 unspecified atom stereocenters. The van der Waals surface area contributed by atoms with Gasteiger partial charge in [-0.3, -0.25) is 4.79 Å². The van der Waals surface area contributed by atoms with E-state index < -0.39 is 10.2 Å². The van der Waals surface area contributed by atoms with Crippen LogP contribution in [-0.2, 0) is 10.2 Å². The van der Waals surface area contributed by atoms with Crippen LogP contribution in [-0.4, -0.2) is 73.0 Å². The predicted octanol–water partition coefficient (Wildman–Crippen LogP) is 0.982. The molecule has 5 aliphatic rings. The second-order valence-electron chi connectivity index (χ2n) is 9.15. The number of likely N-dealkylation sites (N-methyl/N-ethyl adjacent to an activating group) is 1. The van der Waals surface area contributed by atoms with E-state index in [1.54, 1.807) is 10.4 Å². The molecule has 164 valence electrons. The Labute approximate surface area is 177 Å². The molecule has 3 saturated heterocycles. The number of piperazine rings is 1. The number of carbonyl (C=O) groups excluding carboxylic acids is 1. The molecular weight excluding hydrogens is 406 g/mol. The third-order valence-electron chi connectivity index (χ3n) is 6.55. The summed E-state index contributed by atoms with van der Waals surface area (Å²) >= 11 is 0. The Hall–Kier alpha value is -1.75. The summed E-state index contributed by atoms with van der Waals surface area (Å²) in [5.41, 5.74) is 0.291. The van der Waals surface area contributed by atoms with Crippen molar-refractivity contribution in [2.45, 2.75) is 68.6 Å². The molecule has 1 saturated carbocycles. The van der Waals surface area contributed by atoms with Gasteiger partial charge in [-0.2, -0.15) is 17.4 Å². The van der Waals surface area contributed by atoms with E-state index >= 15 is 0 Å². The summed E-state index contributed by atoms with van der Waals surface area (Å²) in [4.78, 5) is 14.8. The lowest BCUT2D eigenvalue weighted by Gasteiger charge is -2.54. The van der Waals surface area contributed by atoms with Crippen LogP contribution in [0.5, 0.6) is 0 Å². The molecule has 2 N–H and O–H groups in total. The molecule has 6 rings (SSSR count). The van der Waals surface area contributed by atoms with Crippen molar-refractivity contribution >= 4 is 16.1 Å². The zero-order chi connectivity index (χ0) is 20.9. The van der Waals surface area contributed by atoms with Gasteiger partial charge >= 0.3 is 0 Å². The molecule has 4 heterocycles.